The van der Waals surface area contributed by atoms with E-state index in [-0.39, 0.29) is 6.61 Å². The number of aliphatic hydroxyl groups is 1. The smallest absolute Gasteiger partial charge is 0.134 e. The van der Waals surface area contributed by atoms with Gasteiger partial charge in [-0.05, 0) is 41.3 Å². The predicted octanol–water partition coefficient (Wildman–Crippen LogP) is 1.86. The number of piperazine rings is 1. The average molecular weight is 322 g/mol. The lowest BCUT2D eigenvalue weighted by molar-refractivity contribution is 0.214. The molecule has 0 saturated carbocycles. The molecule has 0 radical (unpaired) electrons. The molecule has 1 heterocycles. The van der Waals surface area contributed by atoms with Crippen LogP contribution in [0.25, 0.3) is 0 Å². The maximum atomic E-state index is 9.97. The molecular formula is C18H34N4O. The molecular weight excluding hydrogens is 288 g/mol. The second kappa shape index (κ2) is 9.85. The van der Waals surface area contributed by atoms with Crippen molar-refractivity contribution >= 4 is 5.84 Å². The summed E-state index contributed by atoms with van der Waals surface area (Å²) in [5, 5.41) is 13.1. The molecule has 0 amide bonds. The van der Waals surface area contributed by atoms with E-state index in [0.717, 1.165) is 61.8 Å². The quantitative estimate of drug-likeness (QED) is 0.579. The van der Waals surface area contributed by atoms with Gasteiger partial charge in [0.05, 0.1) is 6.61 Å². The maximum Gasteiger partial charge on any atom is 0.134 e. The fourth-order valence-corrected chi connectivity index (χ4v) is 2.63. The molecule has 1 fully saturated rings. The van der Waals surface area contributed by atoms with E-state index < -0.39 is 0 Å². The molecule has 0 bridgehead atoms. The van der Waals surface area contributed by atoms with Crippen LogP contribution < -0.4 is 5.32 Å². The van der Waals surface area contributed by atoms with Crippen molar-refractivity contribution in [3.63, 3.8) is 0 Å². The summed E-state index contributed by atoms with van der Waals surface area (Å²) in [6.45, 7) is 13.2. The Morgan fingerprint density at radius 2 is 1.70 bits per heavy atom. The summed E-state index contributed by atoms with van der Waals surface area (Å²) in [6.07, 6.45) is 0.999. The van der Waals surface area contributed by atoms with Crippen LogP contribution in [0.4, 0.5) is 0 Å². The Kier molecular flexibility index (Phi) is 8.52. The van der Waals surface area contributed by atoms with E-state index in [4.69, 9.17) is 4.99 Å². The second-order valence-corrected chi connectivity index (χ2v) is 6.39. The van der Waals surface area contributed by atoms with Crippen LogP contribution in [0, 0.1) is 0 Å². The van der Waals surface area contributed by atoms with Crippen LogP contribution in [0.15, 0.2) is 27.4 Å². The molecule has 1 rings (SSSR count). The summed E-state index contributed by atoms with van der Waals surface area (Å²) in [5.74, 6) is 0.943. The van der Waals surface area contributed by atoms with Gasteiger partial charge in [0.15, 0.2) is 0 Å². The van der Waals surface area contributed by atoms with Crippen molar-refractivity contribution in [2.75, 3.05) is 53.4 Å². The molecule has 0 aromatic rings. The molecule has 5 nitrogen and oxygen atoms in total. The molecule has 0 aromatic carbocycles. The monoisotopic (exact) mass is 322 g/mol. The number of aliphatic hydroxyl groups excluding tert-OH is 1. The fraction of sp³-hybridized carbons (Fsp3) is 0.722. The lowest BCUT2D eigenvalue weighted by Crippen LogP contribution is -2.48. The minimum atomic E-state index is 0.0249. The van der Waals surface area contributed by atoms with E-state index >= 15 is 0 Å². The molecule has 0 unspecified atom stereocenters. The highest BCUT2D eigenvalue weighted by atomic mass is 16.3. The zero-order chi connectivity index (χ0) is 17.4. The predicted molar refractivity (Wildman–Crippen MR) is 98.9 cm³/mol. The van der Waals surface area contributed by atoms with Crippen molar-refractivity contribution in [1.82, 2.24) is 15.1 Å². The zero-order valence-corrected chi connectivity index (χ0v) is 15.7. The maximum absolute atomic E-state index is 9.97. The summed E-state index contributed by atoms with van der Waals surface area (Å²) >= 11 is 0. The molecule has 1 aliphatic heterocycles. The Hall–Kier alpha value is -1.17. The fourth-order valence-electron chi connectivity index (χ4n) is 2.63. The number of nitrogens with one attached hydrogen (secondary N) is 1. The highest BCUT2D eigenvalue weighted by molar-refractivity contribution is 6.00. The van der Waals surface area contributed by atoms with Gasteiger partial charge < -0.3 is 20.2 Å². The minimum Gasteiger partial charge on any atom is -0.392 e. The van der Waals surface area contributed by atoms with E-state index in [9.17, 15) is 5.11 Å². The molecule has 0 aromatic heterocycles. The Morgan fingerprint density at radius 1 is 1.09 bits per heavy atom. The van der Waals surface area contributed by atoms with Crippen LogP contribution in [-0.2, 0) is 0 Å². The Morgan fingerprint density at radius 3 is 2.17 bits per heavy atom. The molecule has 132 valence electrons. The van der Waals surface area contributed by atoms with Gasteiger partial charge in [-0.25, -0.2) is 4.99 Å². The van der Waals surface area contributed by atoms with Gasteiger partial charge in [-0.2, -0.15) is 0 Å². The first-order valence-electron chi connectivity index (χ1n) is 8.57. The molecule has 1 saturated heterocycles. The number of aliphatic imine (C=N–C) groups is 1. The van der Waals surface area contributed by atoms with E-state index in [1.165, 1.54) is 5.57 Å². The molecule has 0 aliphatic carbocycles. The third-order valence-corrected chi connectivity index (χ3v) is 4.61. The SMILES string of the molecule is CC/C(C)=C(C)/N=C(\C(CO)=C(/C)CNC)N1CCN(C)CC1. The van der Waals surface area contributed by atoms with Gasteiger partial charge in [-0.15, -0.1) is 0 Å². The molecule has 0 spiro atoms. The zero-order valence-electron chi connectivity index (χ0n) is 15.7. The Bertz CT molecular complexity index is 471. The van der Waals surface area contributed by atoms with Gasteiger partial charge >= 0.3 is 0 Å². The Balaban J connectivity index is 3.25. The number of hydrogen-bond donors (Lipinski definition) is 2. The van der Waals surface area contributed by atoms with Gasteiger partial charge in [-0.1, -0.05) is 18.1 Å². The van der Waals surface area contributed by atoms with Gasteiger partial charge in [0.25, 0.3) is 0 Å². The minimum absolute atomic E-state index is 0.0249. The van der Waals surface area contributed by atoms with Crippen LogP contribution in [0.2, 0.25) is 0 Å². The number of amidine groups is 1. The summed E-state index contributed by atoms with van der Waals surface area (Å²) < 4.78 is 0. The standard InChI is InChI=1S/C18H34N4O/c1-7-14(2)16(4)20-18(17(13-23)15(3)12-19-5)22-10-8-21(6)9-11-22/h19,23H,7-13H2,1-6H3/b16-14+,17-15+,20-18+. The number of rotatable bonds is 6. The van der Waals surface area contributed by atoms with Crippen molar-refractivity contribution < 1.29 is 5.11 Å². The molecule has 1 aliphatic rings. The van der Waals surface area contributed by atoms with E-state index in [1.54, 1.807) is 0 Å². The third kappa shape index (κ3) is 5.75. The summed E-state index contributed by atoms with van der Waals surface area (Å²) in [5.41, 5.74) is 4.45. The normalized spacial score (nSPS) is 19.6. The van der Waals surface area contributed by atoms with Crippen molar-refractivity contribution in [2.45, 2.75) is 34.1 Å². The lowest BCUT2D eigenvalue weighted by atomic mass is 10.1. The average Bonchev–Trinajstić information content (AvgIpc) is 2.54. The molecule has 5 heteroatoms. The number of likely N-dealkylation sites (N-methyl/N-ethyl adjacent to an activating group) is 2. The van der Waals surface area contributed by atoms with Crippen LogP contribution in [0.3, 0.4) is 0 Å². The number of hydrogen-bond acceptors (Lipinski definition) is 4. The van der Waals surface area contributed by atoms with Crippen LogP contribution in [0.1, 0.15) is 34.1 Å². The van der Waals surface area contributed by atoms with E-state index in [2.05, 4.69) is 49.9 Å². The number of nitrogens with zero attached hydrogens (tertiary/aromatic N) is 3. The molecule has 23 heavy (non-hydrogen) atoms. The highest BCUT2D eigenvalue weighted by Crippen LogP contribution is 2.16. The van der Waals surface area contributed by atoms with Crippen LogP contribution in [-0.4, -0.2) is 74.2 Å². The van der Waals surface area contributed by atoms with Crippen molar-refractivity contribution in [2.24, 2.45) is 4.99 Å². The van der Waals surface area contributed by atoms with Crippen LogP contribution in [0.5, 0.6) is 0 Å². The van der Waals surface area contributed by atoms with Crippen molar-refractivity contribution in [1.29, 1.82) is 0 Å². The third-order valence-electron chi connectivity index (χ3n) is 4.61. The number of allylic oxidation sites excluding steroid dienone is 2. The first-order chi connectivity index (χ1) is 10.9. The van der Waals surface area contributed by atoms with Gasteiger partial charge in [0.2, 0.25) is 0 Å². The van der Waals surface area contributed by atoms with Crippen molar-refractivity contribution in [3.8, 4) is 0 Å². The van der Waals surface area contributed by atoms with Crippen LogP contribution >= 0.6 is 0 Å². The largest absolute Gasteiger partial charge is 0.392 e. The summed E-state index contributed by atoms with van der Waals surface area (Å²) in [7, 11) is 4.08. The summed E-state index contributed by atoms with van der Waals surface area (Å²) in [6, 6.07) is 0. The topological polar surface area (TPSA) is 51.1 Å². The lowest BCUT2D eigenvalue weighted by Gasteiger charge is -2.35. The van der Waals surface area contributed by atoms with Gasteiger partial charge in [0.1, 0.15) is 5.84 Å². The van der Waals surface area contributed by atoms with E-state index in [1.807, 2.05) is 7.05 Å². The van der Waals surface area contributed by atoms with Gasteiger partial charge in [-0.3, -0.25) is 0 Å². The Labute approximate surface area is 141 Å². The molecule has 0 atom stereocenters. The second-order valence-electron chi connectivity index (χ2n) is 6.39. The summed E-state index contributed by atoms with van der Waals surface area (Å²) in [4.78, 5) is 9.58. The highest BCUT2D eigenvalue weighted by Gasteiger charge is 2.21. The molecule has 2 N–H and O–H groups in total. The first-order valence-corrected chi connectivity index (χ1v) is 8.57. The van der Waals surface area contributed by atoms with E-state index in [0.29, 0.717) is 0 Å². The van der Waals surface area contributed by atoms with Gasteiger partial charge in [0, 0.05) is 44.0 Å². The van der Waals surface area contributed by atoms with Crippen molar-refractivity contribution in [3.05, 3.63) is 22.4 Å². The first kappa shape index (κ1) is 19.9.